The standard InChI is InChI=1S/C10H6FN7O2/c11-8-3-7(1-2-9(8)18(19)20)13-5-6(4-12)10-14-16-17-15-10/h1-3,5,13H,(H,14,15,16,17). The van der Waals surface area contributed by atoms with Crippen molar-refractivity contribution in [1.82, 2.24) is 20.6 Å². The van der Waals surface area contributed by atoms with Crippen LogP contribution in [0.5, 0.6) is 0 Å². The topological polar surface area (TPSA) is 133 Å². The second-order valence-electron chi connectivity index (χ2n) is 3.47. The number of aromatic amines is 1. The average Bonchev–Trinajstić information content (AvgIpc) is 2.93. The number of nitro groups is 1. The summed E-state index contributed by atoms with van der Waals surface area (Å²) in [5.74, 6) is -0.908. The van der Waals surface area contributed by atoms with E-state index in [4.69, 9.17) is 5.26 Å². The van der Waals surface area contributed by atoms with Gasteiger partial charge in [0.15, 0.2) is 0 Å². The Hall–Kier alpha value is -3.35. The lowest BCUT2D eigenvalue weighted by molar-refractivity contribution is -0.387. The molecule has 0 saturated carbocycles. The molecule has 0 saturated heterocycles. The summed E-state index contributed by atoms with van der Waals surface area (Å²) in [7, 11) is 0. The molecular weight excluding hydrogens is 269 g/mol. The zero-order valence-electron chi connectivity index (χ0n) is 9.74. The average molecular weight is 275 g/mol. The highest BCUT2D eigenvalue weighted by Crippen LogP contribution is 2.21. The maximum atomic E-state index is 13.4. The van der Waals surface area contributed by atoms with Crippen molar-refractivity contribution in [2.45, 2.75) is 0 Å². The number of hydrogen-bond donors (Lipinski definition) is 2. The predicted molar refractivity (Wildman–Crippen MR) is 64.4 cm³/mol. The number of nitrogens with zero attached hydrogens (tertiary/aromatic N) is 5. The second kappa shape index (κ2) is 5.53. The van der Waals surface area contributed by atoms with Crippen molar-refractivity contribution in [3.63, 3.8) is 0 Å². The number of anilines is 1. The Morgan fingerprint density at radius 2 is 2.40 bits per heavy atom. The van der Waals surface area contributed by atoms with Gasteiger partial charge in [0, 0.05) is 24.0 Å². The number of nitrogens with one attached hydrogen (secondary N) is 2. The molecule has 0 spiro atoms. The van der Waals surface area contributed by atoms with E-state index in [-0.39, 0.29) is 17.1 Å². The minimum atomic E-state index is -0.980. The monoisotopic (exact) mass is 275 g/mol. The Balaban J connectivity index is 2.21. The lowest BCUT2D eigenvalue weighted by atomic mass is 10.2. The van der Waals surface area contributed by atoms with Gasteiger partial charge in [-0.15, -0.1) is 10.2 Å². The Bertz CT molecular complexity index is 705. The van der Waals surface area contributed by atoms with Crippen LogP contribution < -0.4 is 5.32 Å². The molecule has 1 aromatic carbocycles. The summed E-state index contributed by atoms with van der Waals surface area (Å²) >= 11 is 0. The van der Waals surface area contributed by atoms with Crippen molar-refractivity contribution in [3.05, 3.63) is 46.2 Å². The van der Waals surface area contributed by atoms with E-state index in [1.54, 1.807) is 0 Å². The van der Waals surface area contributed by atoms with Crippen molar-refractivity contribution in [2.24, 2.45) is 0 Å². The van der Waals surface area contributed by atoms with Crippen LogP contribution in [0.15, 0.2) is 24.4 Å². The van der Waals surface area contributed by atoms with E-state index in [9.17, 15) is 14.5 Å². The lowest BCUT2D eigenvalue weighted by Gasteiger charge is -2.01. The van der Waals surface area contributed by atoms with Crippen LogP contribution in [0.2, 0.25) is 0 Å². The summed E-state index contributed by atoms with van der Waals surface area (Å²) in [4.78, 5) is 9.64. The van der Waals surface area contributed by atoms with Gasteiger partial charge >= 0.3 is 5.69 Å². The first-order chi connectivity index (χ1) is 9.61. The number of tetrazole rings is 1. The predicted octanol–water partition coefficient (Wildman–Crippen LogP) is 1.22. The fourth-order valence-corrected chi connectivity index (χ4v) is 1.32. The first-order valence-corrected chi connectivity index (χ1v) is 5.16. The van der Waals surface area contributed by atoms with Crippen molar-refractivity contribution in [3.8, 4) is 6.07 Å². The maximum Gasteiger partial charge on any atom is 0.304 e. The molecule has 0 unspecified atom stereocenters. The van der Waals surface area contributed by atoms with Gasteiger partial charge in [-0.3, -0.25) is 10.1 Å². The van der Waals surface area contributed by atoms with Crippen molar-refractivity contribution in [1.29, 1.82) is 5.26 Å². The summed E-state index contributed by atoms with van der Waals surface area (Å²) in [6, 6.07) is 5.10. The number of aromatic nitrogens is 4. The third kappa shape index (κ3) is 2.72. The first-order valence-electron chi connectivity index (χ1n) is 5.16. The van der Waals surface area contributed by atoms with Crippen LogP contribution in [-0.2, 0) is 0 Å². The summed E-state index contributed by atoms with van der Waals surface area (Å²) in [5.41, 5.74) is -0.319. The van der Waals surface area contributed by atoms with Gasteiger partial charge in [-0.1, -0.05) is 0 Å². The summed E-state index contributed by atoms with van der Waals surface area (Å²) < 4.78 is 13.4. The first kappa shape index (κ1) is 13.1. The van der Waals surface area contributed by atoms with Gasteiger partial charge in [0.1, 0.15) is 11.6 Å². The molecule has 0 aliphatic carbocycles. The van der Waals surface area contributed by atoms with Crippen molar-refractivity contribution < 1.29 is 9.31 Å². The number of benzene rings is 1. The third-order valence-electron chi connectivity index (χ3n) is 2.23. The number of halogens is 1. The number of nitriles is 1. The molecule has 0 amide bonds. The molecule has 0 bridgehead atoms. The Labute approximate surface area is 110 Å². The van der Waals surface area contributed by atoms with Gasteiger partial charge < -0.3 is 5.32 Å². The summed E-state index contributed by atoms with van der Waals surface area (Å²) in [5, 5.41) is 34.7. The van der Waals surface area contributed by atoms with Crippen LogP contribution in [0.3, 0.4) is 0 Å². The largest absolute Gasteiger partial charge is 0.360 e. The van der Waals surface area contributed by atoms with E-state index in [0.29, 0.717) is 0 Å². The number of nitro benzene ring substituents is 1. The quantitative estimate of drug-likeness (QED) is 0.486. The molecule has 0 fully saturated rings. The molecule has 0 aliphatic rings. The highest BCUT2D eigenvalue weighted by atomic mass is 19.1. The van der Waals surface area contributed by atoms with Crippen LogP contribution in [0.25, 0.3) is 5.57 Å². The smallest absolute Gasteiger partial charge is 0.304 e. The van der Waals surface area contributed by atoms with E-state index >= 15 is 0 Å². The number of H-pyrrole nitrogens is 1. The molecule has 100 valence electrons. The molecule has 20 heavy (non-hydrogen) atoms. The van der Waals surface area contributed by atoms with E-state index in [1.807, 2.05) is 6.07 Å². The van der Waals surface area contributed by atoms with Crippen LogP contribution in [0, 0.1) is 27.3 Å². The minimum absolute atomic E-state index is 0.0671. The molecule has 2 N–H and O–H groups in total. The van der Waals surface area contributed by atoms with Gasteiger partial charge in [0.25, 0.3) is 0 Å². The molecule has 2 rings (SSSR count). The van der Waals surface area contributed by atoms with Gasteiger partial charge in [0.05, 0.1) is 4.92 Å². The number of allylic oxidation sites excluding steroid dienone is 1. The van der Waals surface area contributed by atoms with Crippen LogP contribution >= 0.6 is 0 Å². The number of hydrogen-bond acceptors (Lipinski definition) is 7. The zero-order chi connectivity index (χ0) is 14.5. The van der Waals surface area contributed by atoms with E-state index < -0.39 is 16.4 Å². The Kier molecular flexibility index (Phi) is 3.62. The fraction of sp³-hybridized carbons (Fsp3) is 0. The van der Waals surface area contributed by atoms with Crippen LogP contribution in [0.1, 0.15) is 5.82 Å². The molecule has 9 nitrogen and oxygen atoms in total. The maximum absolute atomic E-state index is 13.4. The van der Waals surface area contributed by atoms with Crippen LogP contribution in [0.4, 0.5) is 15.8 Å². The number of rotatable bonds is 4. The molecule has 0 aliphatic heterocycles. The molecule has 0 atom stereocenters. The Morgan fingerprint density at radius 3 is 2.95 bits per heavy atom. The molecule has 2 aromatic rings. The van der Waals surface area contributed by atoms with Gasteiger partial charge in [-0.25, -0.2) is 0 Å². The van der Waals surface area contributed by atoms with Gasteiger partial charge in [-0.2, -0.15) is 14.9 Å². The molecule has 1 aromatic heterocycles. The molecule has 0 radical (unpaired) electrons. The molecule has 1 heterocycles. The van der Waals surface area contributed by atoms with E-state index in [2.05, 4.69) is 25.9 Å². The molecule has 10 heteroatoms. The highest BCUT2D eigenvalue weighted by molar-refractivity contribution is 5.74. The van der Waals surface area contributed by atoms with Crippen molar-refractivity contribution >= 4 is 16.9 Å². The minimum Gasteiger partial charge on any atom is -0.360 e. The van der Waals surface area contributed by atoms with Crippen LogP contribution in [-0.4, -0.2) is 25.5 Å². The highest BCUT2D eigenvalue weighted by Gasteiger charge is 2.13. The lowest BCUT2D eigenvalue weighted by Crippen LogP contribution is -1.96. The Morgan fingerprint density at radius 1 is 1.60 bits per heavy atom. The summed E-state index contributed by atoms with van der Waals surface area (Å²) in [6.45, 7) is 0. The SMILES string of the molecule is N#CC(=CNc1ccc([N+](=O)[O-])c(F)c1)c1nn[nH]n1. The normalized spacial score (nSPS) is 10.9. The fourth-order valence-electron chi connectivity index (χ4n) is 1.32. The summed E-state index contributed by atoms with van der Waals surface area (Å²) in [6.07, 6.45) is 1.24. The second-order valence-corrected chi connectivity index (χ2v) is 3.47. The zero-order valence-corrected chi connectivity index (χ0v) is 9.74. The third-order valence-corrected chi connectivity index (χ3v) is 2.23. The van der Waals surface area contributed by atoms with Crippen molar-refractivity contribution in [2.75, 3.05) is 5.32 Å². The molecular formula is C10H6FN7O2. The van der Waals surface area contributed by atoms with Gasteiger partial charge in [-0.05, 0) is 11.3 Å². The van der Waals surface area contributed by atoms with E-state index in [0.717, 1.165) is 12.1 Å². The van der Waals surface area contributed by atoms with E-state index in [1.165, 1.54) is 12.3 Å². The van der Waals surface area contributed by atoms with Gasteiger partial charge in [0.2, 0.25) is 11.6 Å².